The normalized spacial score (nSPS) is 13.8. The Morgan fingerprint density at radius 3 is 2.56 bits per heavy atom. The minimum Gasteiger partial charge on any atom is -0.357 e. The summed E-state index contributed by atoms with van der Waals surface area (Å²) in [5.41, 5.74) is 0. The fourth-order valence-electron chi connectivity index (χ4n) is 1.03. The van der Waals surface area contributed by atoms with Crippen LogP contribution >= 0.6 is 23.1 Å². The number of thioether (sulfide) groups is 1. The van der Waals surface area contributed by atoms with Gasteiger partial charge in [-0.1, -0.05) is 18.3 Å². The molecule has 0 bridgehead atoms. The number of hydrogen-bond donors (Lipinski definition) is 1. The van der Waals surface area contributed by atoms with Crippen molar-refractivity contribution in [2.45, 2.75) is 25.6 Å². The third kappa shape index (κ3) is 3.82. The van der Waals surface area contributed by atoms with E-state index in [0.717, 1.165) is 12.2 Å². The zero-order chi connectivity index (χ0) is 12.2. The monoisotopic (exact) mass is 271 g/mol. The number of halogens is 3. The molecule has 0 aliphatic carbocycles. The first kappa shape index (κ1) is 13.6. The molecule has 8 heteroatoms. The zero-order valence-corrected chi connectivity index (χ0v) is 10.5. The van der Waals surface area contributed by atoms with Crippen LogP contribution in [0.15, 0.2) is 0 Å². The quantitative estimate of drug-likeness (QED) is 0.893. The van der Waals surface area contributed by atoms with Gasteiger partial charge in [-0.3, -0.25) is 0 Å². The minimum absolute atomic E-state index is 0.129. The molecule has 0 aliphatic heterocycles. The van der Waals surface area contributed by atoms with Crippen molar-refractivity contribution >= 4 is 28.2 Å². The SMILES string of the molecule is CCC(CSC)Nc1nnc(C(F)(F)F)s1. The first-order valence-corrected chi connectivity index (χ1v) is 6.84. The summed E-state index contributed by atoms with van der Waals surface area (Å²) in [6.07, 6.45) is -1.62. The molecule has 1 heterocycles. The molecular formula is C8H12F3N3S2. The van der Waals surface area contributed by atoms with Gasteiger partial charge in [0.1, 0.15) is 0 Å². The van der Waals surface area contributed by atoms with Gasteiger partial charge in [-0.15, -0.1) is 10.2 Å². The molecule has 1 N–H and O–H groups in total. The fraction of sp³-hybridized carbons (Fsp3) is 0.750. The number of aromatic nitrogens is 2. The lowest BCUT2D eigenvalue weighted by Crippen LogP contribution is -2.20. The van der Waals surface area contributed by atoms with E-state index in [4.69, 9.17) is 0 Å². The van der Waals surface area contributed by atoms with E-state index < -0.39 is 11.2 Å². The van der Waals surface area contributed by atoms with E-state index in [9.17, 15) is 13.2 Å². The van der Waals surface area contributed by atoms with Gasteiger partial charge in [-0.05, 0) is 12.7 Å². The molecule has 0 amide bonds. The molecule has 0 aliphatic rings. The number of rotatable bonds is 5. The van der Waals surface area contributed by atoms with Gasteiger partial charge in [-0.25, -0.2) is 0 Å². The molecule has 1 aromatic rings. The first-order valence-electron chi connectivity index (χ1n) is 4.63. The molecular weight excluding hydrogens is 259 g/mol. The largest absolute Gasteiger partial charge is 0.445 e. The lowest BCUT2D eigenvalue weighted by atomic mass is 10.3. The molecule has 0 saturated carbocycles. The van der Waals surface area contributed by atoms with E-state index in [2.05, 4.69) is 15.5 Å². The van der Waals surface area contributed by atoms with Crippen molar-refractivity contribution in [3.63, 3.8) is 0 Å². The van der Waals surface area contributed by atoms with Crippen molar-refractivity contribution in [1.82, 2.24) is 10.2 Å². The van der Waals surface area contributed by atoms with Crippen molar-refractivity contribution in [1.29, 1.82) is 0 Å². The maximum Gasteiger partial charge on any atom is 0.445 e. The van der Waals surface area contributed by atoms with Crippen molar-refractivity contribution in [2.24, 2.45) is 0 Å². The average Bonchev–Trinajstić information content (AvgIpc) is 2.65. The maximum absolute atomic E-state index is 12.2. The van der Waals surface area contributed by atoms with Crippen molar-refractivity contribution in [2.75, 3.05) is 17.3 Å². The van der Waals surface area contributed by atoms with Gasteiger partial charge in [0.15, 0.2) is 0 Å². The second-order valence-electron chi connectivity index (χ2n) is 3.11. The molecule has 16 heavy (non-hydrogen) atoms. The van der Waals surface area contributed by atoms with Crippen LogP contribution in [-0.2, 0) is 6.18 Å². The molecule has 0 radical (unpaired) electrons. The van der Waals surface area contributed by atoms with Crippen LogP contribution in [0.5, 0.6) is 0 Å². The lowest BCUT2D eigenvalue weighted by molar-refractivity contribution is -0.138. The predicted molar refractivity (Wildman–Crippen MR) is 61.0 cm³/mol. The summed E-state index contributed by atoms with van der Waals surface area (Å²) < 4.78 is 36.7. The highest BCUT2D eigenvalue weighted by Crippen LogP contribution is 2.33. The van der Waals surface area contributed by atoms with Crippen molar-refractivity contribution in [3.05, 3.63) is 5.01 Å². The highest BCUT2D eigenvalue weighted by molar-refractivity contribution is 7.98. The van der Waals surface area contributed by atoms with Crippen LogP contribution in [0.2, 0.25) is 0 Å². The van der Waals surface area contributed by atoms with Crippen LogP contribution in [0.1, 0.15) is 18.4 Å². The van der Waals surface area contributed by atoms with Gasteiger partial charge in [0.25, 0.3) is 0 Å². The standard InChI is InChI=1S/C8H12F3N3S2/c1-3-5(4-15-2)12-7-14-13-6(16-7)8(9,10)11/h5H,3-4H2,1-2H3,(H,12,14). The molecule has 92 valence electrons. The summed E-state index contributed by atoms with van der Waals surface area (Å²) in [5.74, 6) is 0.831. The zero-order valence-electron chi connectivity index (χ0n) is 8.84. The van der Waals surface area contributed by atoms with E-state index in [1.807, 2.05) is 13.2 Å². The Balaban J connectivity index is 2.64. The molecule has 3 nitrogen and oxygen atoms in total. The second kappa shape index (κ2) is 5.72. The maximum atomic E-state index is 12.2. The van der Waals surface area contributed by atoms with E-state index in [1.54, 1.807) is 11.8 Å². The van der Waals surface area contributed by atoms with Gasteiger partial charge >= 0.3 is 6.18 Å². The Bertz CT molecular complexity index is 327. The molecule has 1 aromatic heterocycles. The van der Waals surface area contributed by atoms with Gasteiger partial charge in [0.2, 0.25) is 10.1 Å². The number of anilines is 1. The Morgan fingerprint density at radius 1 is 1.44 bits per heavy atom. The molecule has 1 atom stereocenters. The van der Waals surface area contributed by atoms with Crippen molar-refractivity contribution in [3.8, 4) is 0 Å². The van der Waals surface area contributed by atoms with E-state index in [1.165, 1.54) is 0 Å². The summed E-state index contributed by atoms with van der Waals surface area (Å²) in [7, 11) is 0. The van der Waals surface area contributed by atoms with E-state index >= 15 is 0 Å². The molecule has 0 spiro atoms. The third-order valence-electron chi connectivity index (χ3n) is 1.86. The molecule has 1 rings (SSSR count). The fourth-order valence-corrected chi connectivity index (χ4v) is 2.44. The Kier molecular flexibility index (Phi) is 4.85. The van der Waals surface area contributed by atoms with Crippen LogP contribution in [0, 0.1) is 0 Å². The number of alkyl halides is 3. The summed E-state index contributed by atoms with van der Waals surface area (Å²) in [4.78, 5) is 0. The minimum atomic E-state index is -4.40. The Hall–Kier alpha value is -0.500. The van der Waals surface area contributed by atoms with Crippen LogP contribution in [0.4, 0.5) is 18.3 Å². The van der Waals surface area contributed by atoms with Crippen LogP contribution in [-0.4, -0.2) is 28.2 Å². The predicted octanol–water partition coefficient (Wildman–Crippen LogP) is 3.11. The Labute approximate surface area is 99.8 Å². The van der Waals surface area contributed by atoms with Gasteiger partial charge in [0, 0.05) is 11.8 Å². The lowest BCUT2D eigenvalue weighted by Gasteiger charge is -2.13. The molecule has 0 aromatic carbocycles. The molecule has 0 fully saturated rings. The topological polar surface area (TPSA) is 37.8 Å². The van der Waals surface area contributed by atoms with E-state index in [0.29, 0.717) is 11.3 Å². The number of hydrogen-bond acceptors (Lipinski definition) is 5. The van der Waals surface area contributed by atoms with Gasteiger partial charge in [0.05, 0.1) is 0 Å². The highest BCUT2D eigenvalue weighted by atomic mass is 32.2. The van der Waals surface area contributed by atoms with E-state index in [-0.39, 0.29) is 11.2 Å². The van der Waals surface area contributed by atoms with Crippen LogP contribution < -0.4 is 5.32 Å². The highest BCUT2D eigenvalue weighted by Gasteiger charge is 2.35. The van der Waals surface area contributed by atoms with Gasteiger partial charge < -0.3 is 5.32 Å². The van der Waals surface area contributed by atoms with Crippen molar-refractivity contribution < 1.29 is 13.2 Å². The molecule has 1 unspecified atom stereocenters. The summed E-state index contributed by atoms with van der Waals surface area (Å²) >= 11 is 2.18. The summed E-state index contributed by atoms with van der Waals surface area (Å²) in [6, 6.07) is 0.129. The number of nitrogens with one attached hydrogen (secondary N) is 1. The smallest absolute Gasteiger partial charge is 0.357 e. The Morgan fingerprint density at radius 2 is 2.12 bits per heavy atom. The average molecular weight is 271 g/mol. The molecule has 0 saturated heterocycles. The second-order valence-corrected chi connectivity index (χ2v) is 5.00. The number of nitrogens with zero attached hydrogens (tertiary/aromatic N) is 2. The summed E-state index contributed by atoms with van der Waals surface area (Å²) in [5, 5.41) is 8.86. The van der Waals surface area contributed by atoms with Gasteiger partial charge in [-0.2, -0.15) is 24.9 Å². The van der Waals surface area contributed by atoms with Crippen LogP contribution in [0.3, 0.4) is 0 Å². The summed E-state index contributed by atoms with van der Waals surface area (Å²) in [6.45, 7) is 1.97. The third-order valence-corrected chi connectivity index (χ3v) is 3.49. The first-order chi connectivity index (χ1) is 7.47. The van der Waals surface area contributed by atoms with Crippen LogP contribution in [0.25, 0.3) is 0 Å².